The largest absolute Gasteiger partial charge is 0.478 e. The molecule has 3 nitrogen and oxygen atoms in total. The van der Waals surface area contributed by atoms with Gasteiger partial charge in [-0.25, -0.2) is 9.18 Å². The monoisotopic (exact) mass is 331 g/mol. The summed E-state index contributed by atoms with van der Waals surface area (Å²) in [6.07, 6.45) is -4.53. The third-order valence-corrected chi connectivity index (χ3v) is 3.57. The quantitative estimate of drug-likeness (QED) is 0.632. The van der Waals surface area contributed by atoms with Gasteiger partial charge < -0.3 is 9.83 Å². The molecule has 2 aromatic rings. The maximum Gasteiger partial charge on any atom is 0.417 e. The van der Waals surface area contributed by atoms with Crippen LogP contribution in [0, 0.1) is 5.82 Å². The average molecular weight is 331 g/mol. The number of alkyl halides is 3. The molecule has 0 aliphatic heterocycles. The molecule has 0 fully saturated rings. The summed E-state index contributed by atoms with van der Waals surface area (Å²) in [7, 11) is 0. The first-order valence-corrected chi connectivity index (χ1v) is 6.72. The molecule has 0 unspecified atom stereocenters. The summed E-state index contributed by atoms with van der Waals surface area (Å²) in [5, 5.41) is 8.83. The number of hydrogen-bond acceptors (Lipinski definition) is 3. The number of carboxylic acid groups (broad SMARTS) is 1. The van der Waals surface area contributed by atoms with Crippen molar-refractivity contribution in [3.8, 4) is 0 Å². The van der Waals surface area contributed by atoms with Crippen LogP contribution >= 0.6 is 11.9 Å². The lowest BCUT2D eigenvalue weighted by atomic mass is 10.2. The van der Waals surface area contributed by atoms with Crippen molar-refractivity contribution in [2.45, 2.75) is 11.1 Å². The Balaban J connectivity index is 2.24. The minimum atomic E-state index is -4.53. The number of aromatic carboxylic acids is 1. The van der Waals surface area contributed by atoms with Crippen LogP contribution in [-0.2, 0) is 6.18 Å². The zero-order valence-electron chi connectivity index (χ0n) is 10.8. The van der Waals surface area contributed by atoms with Crippen molar-refractivity contribution in [1.82, 2.24) is 0 Å². The predicted octanol–water partition coefficient (Wildman–Crippen LogP) is 4.66. The number of hydrogen-bond donors (Lipinski definition) is 2. The maximum absolute atomic E-state index is 13.6. The molecule has 116 valence electrons. The zero-order valence-corrected chi connectivity index (χ0v) is 11.6. The summed E-state index contributed by atoms with van der Waals surface area (Å²) in [4.78, 5) is 10.7. The highest BCUT2D eigenvalue weighted by Crippen LogP contribution is 2.37. The van der Waals surface area contributed by atoms with Crippen LogP contribution in [-0.4, -0.2) is 11.1 Å². The molecular weight excluding hydrogens is 322 g/mol. The van der Waals surface area contributed by atoms with Crippen molar-refractivity contribution in [3.63, 3.8) is 0 Å². The minimum Gasteiger partial charge on any atom is -0.478 e. The normalized spacial score (nSPS) is 11.3. The number of halogens is 4. The van der Waals surface area contributed by atoms with Crippen LogP contribution in [0.25, 0.3) is 0 Å². The van der Waals surface area contributed by atoms with Gasteiger partial charge in [0.05, 0.1) is 16.8 Å². The standard InChI is InChI=1S/C14H9F4NO2S/c15-10-6-5-8(13(20)21)7-11(10)19-22-12-4-2-1-3-9(12)14(16,17)18/h1-7,19H,(H,20,21). The SMILES string of the molecule is O=C(O)c1ccc(F)c(NSc2ccccc2C(F)(F)F)c1. The summed E-state index contributed by atoms with van der Waals surface area (Å²) in [6.45, 7) is 0. The van der Waals surface area contributed by atoms with Gasteiger partial charge in [-0.3, -0.25) is 0 Å². The van der Waals surface area contributed by atoms with E-state index in [1.54, 1.807) is 0 Å². The first-order chi connectivity index (χ1) is 10.3. The molecule has 0 spiro atoms. The Morgan fingerprint density at radius 3 is 2.45 bits per heavy atom. The molecule has 2 aromatic carbocycles. The van der Waals surface area contributed by atoms with Gasteiger partial charge in [-0.2, -0.15) is 13.2 Å². The molecule has 0 bridgehead atoms. The molecule has 0 atom stereocenters. The second kappa shape index (κ2) is 6.27. The van der Waals surface area contributed by atoms with Crippen LogP contribution in [0.15, 0.2) is 47.4 Å². The van der Waals surface area contributed by atoms with E-state index >= 15 is 0 Å². The van der Waals surface area contributed by atoms with Crippen molar-refractivity contribution in [1.29, 1.82) is 0 Å². The predicted molar refractivity (Wildman–Crippen MR) is 74.3 cm³/mol. The van der Waals surface area contributed by atoms with Crippen molar-refractivity contribution in [3.05, 3.63) is 59.4 Å². The van der Waals surface area contributed by atoms with E-state index in [4.69, 9.17) is 5.11 Å². The molecule has 22 heavy (non-hydrogen) atoms. The van der Waals surface area contributed by atoms with Crippen molar-refractivity contribution in [2.24, 2.45) is 0 Å². The Kier molecular flexibility index (Phi) is 4.60. The van der Waals surface area contributed by atoms with Gasteiger partial charge in [0.1, 0.15) is 5.82 Å². The summed E-state index contributed by atoms with van der Waals surface area (Å²) >= 11 is 0.559. The number of nitrogens with one attached hydrogen (secondary N) is 1. The highest BCUT2D eigenvalue weighted by atomic mass is 32.2. The third kappa shape index (κ3) is 3.70. The van der Waals surface area contributed by atoms with Crippen molar-refractivity contribution >= 4 is 23.6 Å². The second-order valence-corrected chi connectivity index (χ2v) is 5.05. The fourth-order valence-corrected chi connectivity index (χ4v) is 2.45. The molecule has 2 N–H and O–H groups in total. The third-order valence-electron chi connectivity index (χ3n) is 2.68. The Labute approximate surface area is 127 Å². The van der Waals surface area contributed by atoms with Gasteiger partial charge in [-0.05, 0) is 42.3 Å². The zero-order chi connectivity index (χ0) is 16.3. The van der Waals surface area contributed by atoms with Gasteiger partial charge in [0.2, 0.25) is 0 Å². The molecule has 0 aliphatic carbocycles. The minimum absolute atomic E-state index is 0.143. The van der Waals surface area contributed by atoms with E-state index < -0.39 is 23.5 Å². The van der Waals surface area contributed by atoms with E-state index in [-0.39, 0.29) is 16.1 Å². The van der Waals surface area contributed by atoms with Gasteiger partial charge in [-0.1, -0.05) is 12.1 Å². The van der Waals surface area contributed by atoms with Crippen LogP contribution in [0.1, 0.15) is 15.9 Å². The van der Waals surface area contributed by atoms with Crippen LogP contribution in [0.2, 0.25) is 0 Å². The molecule has 0 amide bonds. The lowest BCUT2D eigenvalue weighted by Crippen LogP contribution is -2.07. The Bertz CT molecular complexity index is 703. The maximum atomic E-state index is 13.6. The summed E-state index contributed by atoms with van der Waals surface area (Å²) < 4.78 is 54.5. The molecular formula is C14H9F4NO2S. The molecule has 0 saturated heterocycles. The second-order valence-electron chi connectivity index (χ2n) is 4.20. The highest BCUT2D eigenvalue weighted by Gasteiger charge is 2.33. The molecule has 2 rings (SSSR count). The molecule has 0 radical (unpaired) electrons. The summed E-state index contributed by atoms with van der Waals surface area (Å²) in [5.74, 6) is -2.02. The van der Waals surface area contributed by atoms with Crippen LogP contribution in [0.5, 0.6) is 0 Å². The van der Waals surface area contributed by atoms with Gasteiger partial charge in [0, 0.05) is 4.90 Å². The van der Waals surface area contributed by atoms with Gasteiger partial charge in [-0.15, -0.1) is 0 Å². The molecule has 0 heterocycles. The van der Waals surface area contributed by atoms with E-state index in [0.29, 0.717) is 11.9 Å². The number of carboxylic acids is 1. The molecule has 0 saturated carbocycles. The smallest absolute Gasteiger partial charge is 0.417 e. The lowest BCUT2D eigenvalue weighted by Gasteiger charge is -2.13. The van der Waals surface area contributed by atoms with E-state index in [0.717, 1.165) is 24.3 Å². The number of carbonyl (C=O) groups is 1. The van der Waals surface area contributed by atoms with Gasteiger partial charge in [0.25, 0.3) is 0 Å². The average Bonchev–Trinajstić information content (AvgIpc) is 2.45. The fraction of sp³-hybridized carbons (Fsp3) is 0.0714. The van der Waals surface area contributed by atoms with Crippen LogP contribution < -0.4 is 4.72 Å². The Morgan fingerprint density at radius 1 is 1.14 bits per heavy atom. The number of rotatable bonds is 4. The highest BCUT2D eigenvalue weighted by molar-refractivity contribution is 8.00. The first kappa shape index (κ1) is 16.2. The lowest BCUT2D eigenvalue weighted by molar-refractivity contribution is -0.139. The van der Waals surface area contributed by atoms with Crippen molar-refractivity contribution in [2.75, 3.05) is 4.72 Å². The molecule has 0 aromatic heterocycles. The number of benzene rings is 2. The summed E-state index contributed by atoms with van der Waals surface area (Å²) in [5.41, 5.74) is -1.24. The van der Waals surface area contributed by atoms with E-state index in [1.165, 1.54) is 18.2 Å². The van der Waals surface area contributed by atoms with E-state index in [9.17, 15) is 22.4 Å². The Morgan fingerprint density at radius 2 is 1.82 bits per heavy atom. The number of anilines is 1. The van der Waals surface area contributed by atoms with E-state index in [1.807, 2.05) is 0 Å². The van der Waals surface area contributed by atoms with Crippen LogP contribution in [0.4, 0.5) is 23.2 Å². The topological polar surface area (TPSA) is 49.3 Å². The fourth-order valence-electron chi connectivity index (χ4n) is 1.64. The molecule has 0 aliphatic rings. The van der Waals surface area contributed by atoms with Gasteiger partial charge >= 0.3 is 12.1 Å². The summed E-state index contributed by atoms with van der Waals surface area (Å²) in [6, 6.07) is 7.83. The van der Waals surface area contributed by atoms with Crippen molar-refractivity contribution < 1.29 is 27.5 Å². The van der Waals surface area contributed by atoms with Crippen LogP contribution in [0.3, 0.4) is 0 Å². The first-order valence-electron chi connectivity index (χ1n) is 5.91. The molecule has 8 heteroatoms. The Hall–Kier alpha value is -2.22. The van der Waals surface area contributed by atoms with Gasteiger partial charge in [0.15, 0.2) is 0 Å². The van der Waals surface area contributed by atoms with E-state index in [2.05, 4.69) is 4.72 Å².